The van der Waals surface area contributed by atoms with E-state index in [4.69, 9.17) is 11.5 Å². The number of nitrogen functional groups attached to an aromatic ring is 1. The molecule has 0 saturated carbocycles. The van der Waals surface area contributed by atoms with Gasteiger partial charge in [-0.15, -0.1) is 0 Å². The summed E-state index contributed by atoms with van der Waals surface area (Å²) < 4.78 is 0. The fourth-order valence-electron chi connectivity index (χ4n) is 1.43. The van der Waals surface area contributed by atoms with Gasteiger partial charge in [0.2, 0.25) is 5.91 Å². The monoisotopic (exact) mass is 192 g/mol. The molecule has 1 amide bonds. The Morgan fingerprint density at radius 2 is 2.14 bits per heavy atom. The summed E-state index contributed by atoms with van der Waals surface area (Å²) in [6.07, 6.45) is 2.09. The Balaban J connectivity index is 2.59. The van der Waals surface area contributed by atoms with Crippen LogP contribution in [-0.4, -0.2) is 5.91 Å². The maximum Gasteiger partial charge on any atom is 0.217 e. The second-order valence-corrected chi connectivity index (χ2v) is 3.45. The van der Waals surface area contributed by atoms with Crippen molar-refractivity contribution < 1.29 is 4.79 Å². The minimum Gasteiger partial charge on any atom is -0.399 e. The van der Waals surface area contributed by atoms with E-state index in [-0.39, 0.29) is 5.91 Å². The van der Waals surface area contributed by atoms with Crippen LogP contribution in [0.2, 0.25) is 0 Å². The largest absolute Gasteiger partial charge is 0.399 e. The predicted octanol–water partition coefficient (Wildman–Crippen LogP) is 1.39. The summed E-state index contributed by atoms with van der Waals surface area (Å²) in [4.78, 5) is 10.5. The molecule has 76 valence electrons. The molecule has 0 saturated heterocycles. The Morgan fingerprint density at radius 1 is 1.43 bits per heavy atom. The van der Waals surface area contributed by atoms with E-state index in [0.717, 1.165) is 24.1 Å². The molecule has 0 radical (unpaired) electrons. The second-order valence-electron chi connectivity index (χ2n) is 3.45. The molecule has 1 aromatic rings. The van der Waals surface area contributed by atoms with Crippen LogP contribution in [0.15, 0.2) is 18.2 Å². The number of rotatable bonds is 4. The van der Waals surface area contributed by atoms with Crippen molar-refractivity contribution in [3.05, 3.63) is 29.3 Å². The lowest BCUT2D eigenvalue weighted by Crippen LogP contribution is -2.10. The van der Waals surface area contributed by atoms with Crippen LogP contribution in [0.1, 0.15) is 24.0 Å². The van der Waals surface area contributed by atoms with Gasteiger partial charge in [-0.05, 0) is 37.0 Å². The minimum atomic E-state index is -0.244. The molecule has 3 heteroatoms. The molecule has 0 aliphatic carbocycles. The SMILES string of the molecule is Cc1c(N)cccc1CCCC(N)=O. The molecular formula is C11H16N2O. The minimum absolute atomic E-state index is 0.244. The van der Waals surface area contributed by atoms with Gasteiger partial charge in [0, 0.05) is 12.1 Å². The number of primary amides is 1. The average molecular weight is 192 g/mol. The van der Waals surface area contributed by atoms with Gasteiger partial charge < -0.3 is 11.5 Å². The van der Waals surface area contributed by atoms with E-state index in [1.165, 1.54) is 5.56 Å². The van der Waals surface area contributed by atoms with Crippen LogP contribution in [0.4, 0.5) is 5.69 Å². The van der Waals surface area contributed by atoms with Gasteiger partial charge in [0.15, 0.2) is 0 Å². The van der Waals surface area contributed by atoms with Gasteiger partial charge in [-0.2, -0.15) is 0 Å². The lowest BCUT2D eigenvalue weighted by atomic mass is 10.0. The predicted molar refractivity (Wildman–Crippen MR) is 57.7 cm³/mol. The van der Waals surface area contributed by atoms with Crippen molar-refractivity contribution in [2.24, 2.45) is 5.73 Å². The number of anilines is 1. The summed E-state index contributed by atoms with van der Waals surface area (Å²) in [7, 11) is 0. The van der Waals surface area contributed by atoms with Gasteiger partial charge in [-0.3, -0.25) is 4.79 Å². The molecule has 14 heavy (non-hydrogen) atoms. The lowest BCUT2D eigenvalue weighted by molar-refractivity contribution is -0.118. The highest BCUT2D eigenvalue weighted by Gasteiger charge is 2.01. The standard InChI is InChI=1S/C11H16N2O/c1-8-9(4-2-6-10(8)12)5-3-7-11(13)14/h2,4,6H,3,5,7,12H2,1H3,(H2,13,14). The molecule has 0 aliphatic rings. The van der Waals surface area contributed by atoms with Gasteiger partial charge in [-0.1, -0.05) is 12.1 Å². The first-order valence-electron chi connectivity index (χ1n) is 4.73. The number of carbonyl (C=O) groups excluding carboxylic acids is 1. The number of hydrogen-bond donors (Lipinski definition) is 2. The van der Waals surface area contributed by atoms with Crippen LogP contribution in [-0.2, 0) is 11.2 Å². The van der Waals surface area contributed by atoms with E-state index < -0.39 is 0 Å². The molecular weight excluding hydrogens is 176 g/mol. The summed E-state index contributed by atoms with van der Waals surface area (Å²) in [5, 5.41) is 0. The maximum absolute atomic E-state index is 10.5. The van der Waals surface area contributed by atoms with Crippen molar-refractivity contribution in [1.29, 1.82) is 0 Å². The van der Waals surface area contributed by atoms with Gasteiger partial charge in [-0.25, -0.2) is 0 Å². The zero-order valence-corrected chi connectivity index (χ0v) is 8.42. The summed E-state index contributed by atoms with van der Waals surface area (Å²) >= 11 is 0. The number of nitrogens with two attached hydrogens (primary N) is 2. The van der Waals surface area contributed by atoms with E-state index in [1.807, 2.05) is 25.1 Å². The topological polar surface area (TPSA) is 69.1 Å². The van der Waals surface area contributed by atoms with Crippen molar-refractivity contribution in [3.8, 4) is 0 Å². The Hall–Kier alpha value is -1.51. The zero-order chi connectivity index (χ0) is 10.6. The molecule has 0 unspecified atom stereocenters. The Kier molecular flexibility index (Phi) is 3.51. The highest BCUT2D eigenvalue weighted by Crippen LogP contribution is 2.17. The Labute approximate surface area is 84.1 Å². The molecule has 0 aliphatic heterocycles. The summed E-state index contributed by atoms with van der Waals surface area (Å²) in [6.45, 7) is 1.99. The third-order valence-corrected chi connectivity index (χ3v) is 2.36. The van der Waals surface area contributed by atoms with Crippen molar-refractivity contribution in [2.45, 2.75) is 26.2 Å². The van der Waals surface area contributed by atoms with Crippen molar-refractivity contribution in [2.75, 3.05) is 5.73 Å². The number of benzene rings is 1. The zero-order valence-electron chi connectivity index (χ0n) is 8.42. The quantitative estimate of drug-likeness (QED) is 0.708. The molecule has 0 heterocycles. The molecule has 0 aromatic heterocycles. The smallest absolute Gasteiger partial charge is 0.217 e. The number of aryl methyl sites for hydroxylation is 1. The molecule has 0 bridgehead atoms. The number of hydrogen-bond acceptors (Lipinski definition) is 2. The summed E-state index contributed by atoms with van der Waals surface area (Å²) in [5.41, 5.74) is 13.9. The van der Waals surface area contributed by atoms with Crippen LogP contribution < -0.4 is 11.5 Å². The van der Waals surface area contributed by atoms with Gasteiger partial charge in [0.1, 0.15) is 0 Å². The van der Waals surface area contributed by atoms with E-state index in [0.29, 0.717) is 6.42 Å². The van der Waals surface area contributed by atoms with E-state index in [1.54, 1.807) is 0 Å². The maximum atomic E-state index is 10.5. The van der Waals surface area contributed by atoms with E-state index in [2.05, 4.69) is 0 Å². The summed E-state index contributed by atoms with van der Waals surface area (Å²) in [5.74, 6) is -0.244. The summed E-state index contributed by atoms with van der Waals surface area (Å²) in [6, 6.07) is 5.85. The Morgan fingerprint density at radius 3 is 2.79 bits per heavy atom. The van der Waals surface area contributed by atoms with Gasteiger partial charge >= 0.3 is 0 Å². The fraction of sp³-hybridized carbons (Fsp3) is 0.364. The number of carbonyl (C=O) groups is 1. The highest BCUT2D eigenvalue weighted by molar-refractivity contribution is 5.73. The highest BCUT2D eigenvalue weighted by atomic mass is 16.1. The van der Waals surface area contributed by atoms with Gasteiger partial charge in [0.25, 0.3) is 0 Å². The third-order valence-electron chi connectivity index (χ3n) is 2.36. The molecule has 4 N–H and O–H groups in total. The molecule has 0 fully saturated rings. The number of amides is 1. The molecule has 1 aromatic carbocycles. The first-order chi connectivity index (χ1) is 6.61. The third kappa shape index (κ3) is 2.76. The first kappa shape index (κ1) is 10.6. The average Bonchev–Trinajstić information content (AvgIpc) is 2.12. The van der Waals surface area contributed by atoms with Crippen LogP contribution >= 0.6 is 0 Å². The van der Waals surface area contributed by atoms with Crippen LogP contribution in [0.25, 0.3) is 0 Å². The van der Waals surface area contributed by atoms with E-state index in [9.17, 15) is 4.79 Å². The van der Waals surface area contributed by atoms with Crippen LogP contribution in [0.3, 0.4) is 0 Å². The normalized spacial score (nSPS) is 10.1. The first-order valence-corrected chi connectivity index (χ1v) is 4.73. The lowest BCUT2D eigenvalue weighted by Gasteiger charge is -2.07. The molecule has 1 rings (SSSR count). The Bertz CT molecular complexity index is 334. The molecule has 0 spiro atoms. The van der Waals surface area contributed by atoms with Crippen LogP contribution in [0.5, 0.6) is 0 Å². The van der Waals surface area contributed by atoms with Crippen molar-refractivity contribution in [1.82, 2.24) is 0 Å². The second kappa shape index (κ2) is 4.65. The fourth-order valence-corrected chi connectivity index (χ4v) is 1.43. The van der Waals surface area contributed by atoms with E-state index >= 15 is 0 Å². The van der Waals surface area contributed by atoms with Crippen molar-refractivity contribution >= 4 is 11.6 Å². The van der Waals surface area contributed by atoms with Gasteiger partial charge in [0.05, 0.1) is 0 Å². The van der Waals surface area contributed by atoms with Crippen molar-refractivity contribution in [3.63, 3.8) is 0 Å². The molecule has 0 atom stereocenters. The van der Waals surface area contributed by atoms with Crippen LogP contribution in [0, 0.1) is 6.92 Å². The molecule has 3 nitrogen and oxygen atoms in total.